The zero-order valence-corrected chi connectivity index (χ0v) is 19.4. The van der Waals surface area contributed by atoms with Crippen LogP contribution in [0.15, 0.2) is 65.8 Å². The van der Waals surface area contributed by atoms with Gasteiger partial charge in [0.05, 0.1) is 19.4 Å². The largest absolute Gasteiger partial charge is 0.484 e. The Morgan fingerprint density at radius 2 is 1.62 bits per heavy atom. The van der Waals surface area contributed by atoms with Crippen LogP contribution in [-0.2, 0) is 9.53 Å². The van der Waals surface area contributed by atoms with Crippen molar-refractivity contribution in [1.82, 2.24) is 14.9 Å². The Bertz CT molecular complexity index is 1140. The highest BCUT2D eigenvalue weighted by Gasteiger charge is 2.17. The van der Waals surface area contributed by atoms with Crippen LogP contribution in [0, 0.1) is 13.8 Å². The number of hydrazone groups is 1. The van der Waals surface area contributed by atoms with Crippen molar-refractivity contribution in [1.29, 1.82) is 0 Å². The highest BCUT2D eigenvalue weighted by molar-refractivity contribution is 5.95. The maximum atomic E-state index is 12.4. The van der Waals surface area contributed by atoms with Crippen LogP contribution in [0.3, 0.4) is 0 Å². The highest BCUT2D eigenvalue weighted by Crippen LogP contribution is 2.17. The first kappa shape index (κ1) is 23.3. The van der Waals surface area contributed by atoms with Crippen LogP contribution in [-0.4, -0.2) is 60.4 Å². The summed E-state index contributed by atoms with van der Waals surface area (Å²) in [7, 11) is 0. The van der Waals surface area contributed by atoms with Gasteiger partial charge < -0.3 is 18.9 Å². The molecule has 0 saturated carbocycles. The van der Waals surface area contributed by atoms with Gasteiger partial charge in [0.1, 0.15) is 5.75 Å². The summed E-state index contributed by atoms with van der Waals surface area (Å²) in [5.74, 6) is 0.254. The Morgan fingerprint density at radius 1 is 0.971 bits per heavy atom. The molecule has 2 aromatic carbocycles. The molecule has 176 valence electrons. The third-order valence-corrected chi connectivity index (χ3v) is 5.64. The second-order valence-corrected chi connectivity index (χ2v) is 8.05. The smallest absolute Gasteiger partial charge is 0.271 e. The molecule has 1 saturated heterocycles. The fourth-order valence-corrected chi connectivity index (χ4v) is 3.77. The van der Waals surface area contributed by atoms with Gasteiger partial charge in [-0.1, -0.05) is 0 Å². The SMILES string of the molecule is Cc1ccc(C)n1-c1ccc(C(=O)N/N=C\c2ccc(OCC(=O)N3CCOCC3)cc2)cc1. The molecule has 0 bridgehead atoms. The molecule has 0 aliphatic carbocycles. The van der Waals surface area contributed by atoms with Crippen molar-refractivity contribution in [3.05, 3.63) is 83.2 Å². The maximum absolute atomic E-state index is 12.4. The molecule has 2 amide bonds. The summed E-state index contributed by atoms with van der Waals surface area (Å²) < 4.78 is 13.0. The lowest BCUT2D eigenvalue weighted by molar-refractivity contribution is -0.137. The van der Waals surface area contributed by atoms with Crippen LogP contribution in [0.25, 0.3) is 5.69 Å². The monoisotopic (exact) mass is 460 g/mol. The van der Waals surface area contributed by atoms with Crippen molar-refractivity contribution in [2.24, 2.45) is 5.10 Å². The number of rotatable bonds is 7. The minimum Gasteiger partial charge on any atom is -0.484 e. The zero-order chi connectivity index (χ0) is 23.9. The molecule has 2 heterocycles. The predicted octanol–water partition coefficient (Wildman–Crippen LogP) is 3.10. The van der Waals surface area contributed by atoms with E-state index in [0.29, 0.717) is 37.6 Å². The van der Waals surface area contributed by atoms with E-state index in [9.17, 15) is 9.59 Å². The van der Waals surface area contributed by atoms with E-state index in [2.05, 4.69) is 27.2 Å². The minimum absolute atomic E-state index is 0.00818. The summed E-state index contributed by atoms with van der Waals surface area (Å²) >= 11 is 0. The molecule has 1 aliphatic heterocycles. The number of amides is 2. The first-order valence-corrected chi connectivity index (χ1v) is 11.2. The van der Waals surface area contributed by atoms with Gasteiger partial charge in [-0.05, 0) is 80.1 Å². The first-order chi connectivity index (χ1) is 16.5. The van der Waals surface area contributed by atoms with Crippen LogP contribution < -0.4 is 10.2 Å². The van der Waals surface area contributed by atoms with Crippen LogP contribution in [0.5, 0.6) is 5.75 Å². The van der Waals surface area contributed by atoms with Crippen molar-refractivity contribution >= 4 is 18.0 Å². The summed E-state index contributed by atoms with van der Waals surface area (Å²) in [6.45, 7) is 6.41. The molecule has 4 rings (SSSR count). The van der Waals surface area contributed by atoms with E-state index in [0.717, 1.165) is 22.6 Å². The normalized spacial score (nSPS) is 13.8. The quantitative estimate of drug-likeness (QED) is 0.434. The van der Waals surface area contributed by atoms with Crippen molar-refractivity contribution in [3.8, 4) is 11.4 Å². The van der Waals surface area contributed by atoms with Crippen LogP contribution in [0.2, 0.25) is 0 Å². The lowest BCUT2D eigenvalue weighted by Gasteiger charge is -2.26. The van der Waals surface area contributed by atoms with Gasteiger partial charge in [-0.15, -0.1) is 0 Å². The molecule has 1 aliphatic rings. The van der Waals surface area contributed by atoms with Crippen LogP contribution in [0.4, 0.5) is 0 Å². The Balaban J connectivity index is 1.26. The maximum Gasteiger partial charge on any atom is 0.271 e. The van der Waals surface area contributed by atoms with Gasteiger partial charge in [0.15, 0.2) is 6.61 Å². The predicted molar refractivity (Wildman–Crippen MR) is 130 cm³/mol. The summed E-state index contributed by atoms with van der Waals surface area (Å²) in [5.41, 5.74) is 7.15. The van der Waals surface area contributed by atoms with E-state index < -0.39 is 0 Å². The van der Waals surface area contributed by atoms with Gasteiger partial charge in [-0.3, -0.25) is 9.59 Å². The molecule has 8 heteroatoms. The molecular weight excluding hydrogens is 432 g/mol. The molecular formula is C26H28N4O4. The number of nitrogens with zero attached hydrogens (tertiary/aromatic N) is 3. The summed E-state index contributed by atoms with van der Waals surface area (Å²) in [6, 6.07) is 18.7. The molecule has 3 aromatic rings. The molecule has 1 N–H and O–H groups in total. The number of nitrogens with one attached hydrogen (secondary N) is 1. The number of hydrogen-bond acceptors (Lipinski definition) is 5. The molecule has 1 fully saturated rings. The third-order valence-electron chi connectivity index (χ3n) is 5.64. The minimum atomic E-state index is -0.287. The second-order valence-electron chi connectivity index (χ2n) is 8.05. The molecule has 34 heavy (non-hydrogen) atoms. The number of hydrogen-bond donors (Lipinski definition) is 1. The van der Waals surface area contributed by atoms with E-state index in [1.807, 2.05) is 26.0 Å². The number of carbonyl (C=O) groups excluding carboxylic acids is 2. The molecule has 1 aromatic heterocycles. The van der Waals surface area contributed by atoms with Crippen molar-refractivity contribution in [3.63, 3.8) is 0 Å². The topological polar surface area (TPSA) is 85.2 Å². The number of aryl methyl sites for hydroxylation is 2. The van der Waals surface area contributed by atoms with Gasteiger partial charge in [0.2, 0.25) is 0 Å². The van der Waals surface area contributed by atoms with Gasteiger partial charge >= 0.3 is 0 Å². The Kier molecular flexibility index (Phi) is 7.39. The molecule has 8 nitrogen and oxygen atoms in total. The van der Waals surface area contributed by atoms with E-state index in [1.165, 1.54) is 0 Å². The number of aromatic nitrogens is 1. The van der Waals surface area contributed by atoms with E-state index >= 15 is 0 Å². The average Bonchev–Trinajstić information content (AvgIpc) is 3.21. The van der Waals surface area contributed by atoms with Crippen LogP contribution >= 0.6 is 0 Å². The number of benzene rings is 2. The summed E-state index contributed by atoms with van der Waals surface area (Å²) in [6.07, 6.45) is 1.56. The van der Waals surface area contributed by atoms with Gasteiger partial charge in [-0.25, -0.2) is 5.43 Å². The van der Waals surface area contributed by atoms with Crippen molar-refractivity contribution in [2.45, 2.75) is 13.8 Å². The number of carbonyl (C=O) groups is 2. The van der Waals surface area contributed by atoms with Gasteiger partial charge in [0, 0.05) is 35.7 Å². The lowest BCUT2D eigenvalue weighted by atomic mass is 10.2. The zero-order valence-electron chi connectivity index (χ0n) is 19.4. The third kappa shape index (κ3) is 5.71. The molecule has 0 unspecified atom stereocenters. The summed E-state index contributed by atoms with van der Waals surface area (Å²) in [4.78, 5) is 26.3. The van der Waals surface area contributed by atoms with Gasteiger partial charge in [-0.2, -0.15) is 5.10 Å². The van der Waals surface area contributed by atoms with E-state index in [-0.39, 0.29) is 18.4 Å². The van der Waals surface area contributed by atoms with Crippen LogP contribution in [0.1, 0.15) is 27.3 Å². The van der Waals surface area contributed by atoms with Gasteiger partial charge in [0.25, 0.3) is 11.8 Å². The number of ether oxygens (including phenoxy) is 2. The Labute approximate surface area is 198 Å². The molecule has 0 radical (unpaired) electrons. The lowest BCUT2D eigenvalue weighted by Crippen LogP contribution is -2.42. The standard InChI is InChI=1S/C26H28N4O4/c1-19-3-4-20(2)30(19)23-9-7-22(8-10-23)26(32)28-27-17-21-5-11-24(12-6-21)34-18-25(31)29-13-15-33-16-14-29/h3-12,17H,13-16,18H2,1-2H3,(H,28,32)/b27-17-. The second kappa shape index (κ2) is 10.8. The summed E-state index contributed by atoms with van der Waals surface area (Å²) in [5, 5.41) is 4.04. The Hall–Kier alpha value is -3.91. The molecule has 0 spiro atoms. The fraction of sp³-hybridized carbons (Fsp3) is 0.269. The van der Waals surface area contributed by atoms with Crippen molar-refractivity contribution < 1.29 is 19.1 Å². The molecule has 0 atom stereocenters. The van der Waals surface area contributed by atoms with Crippen molar-refractivity contribution in [2.75, 3.05) is 32.9 Å². The van der Waals surface area contributed by atoms with E-state index in [4.69, 9.17) is 9.47 Å². The number of morpholine rings is 1. The Morgan fingerprint density at radius 3 is 2.26 bits per heavy atom. The first-order valence-electron chi connectivity index (χ1n) is 11.2. The highest BCUT2D eigenvalue weighted by atomic mass is 16.5. The fourth-order valence-electron chi connectivity index (χ4n) is 3.77. The average molecular weight is 461 g/mol. The van der Waals surface area contributed by atoms with E-state index in [1.54, 1.807) is 47.5 Å².